The highest BCUT2D eigenvalue weighted by atomic mass is 19.1. The first-order chi connectivity index (χ1) is 12.3. The highest BCUT2D eigenvalue weighted by molar-refractivity contribution is 6.00. The topological polar surface area (TPSA) is 73.5 Å². The van der Waals surface area contributed by atoms with Crippen molar-refractivity contribution in [3.63, 3.8) is 0 Å². The molecular weight excluding hydrogens is 337 g/mol. The molecule has 1 saturated heterocycles. The van der Waals surface area contributed by atoms with Gasteiger partial charge in [0.1, 0.15) is 17.4 Å². The second-order valence-corrected chi connectivity index (χ2v) is 7.05. The number of aromatic nitrogens is 1. The molecule has 6 nitrogen and oxygen atoms in total. The first kappa shape index (κ1) is 18.1. The van der Waals surface area contributed by atoms with Crippen LogP contribution in [0.5, 0.6) is 0 Å². The molecule has 0 aliphatic carbocycles. The quantitative estimate of drug-likeness (QED) is 0.911. The smallest absolute Gasteiger partial charge is 0.260 e. The number of H-pyrrole nitrogens is 1. The molecule has 1 aromatic heterocycles. The third-order valence-electron chi connectivity index (χ3n) is 4.69. The lowest BCUT2D eigenvalue weighted by Gasteiger charge is -2.39. The Hall–Kier alpha value is -2.70. The number of carbonyl (C=O) groups excluding carboxylic acids is 2. The minimum atomic E-state index is -0.641. The van der Waals surface area contributed by atoms with Crippen molar-refractivity contribution in [3.05, 3.63) is 46.0 Å². The predicted molar refractivity (Wildman–Crippen MR) is 96.4 cm³/mol. The van der Waals surface area contributed by atoms with E-state index in [0.717, 1.165) is 0 Å². The number of rotatable bonds is 3. The van der Waals surface area contributed by atoms with Crippen molar-refractivity contribution in [1.82, 2.24) is 14.8 Å². The van der Waals surface area contributed by atoms with Gasteiger partial charge in [-0.25, -0.2) is 4.39 Å². The number of nitrogens with zero attached hydrogens (tertiary/aromatic N) is 2. The summed E-state index contributed by atoms with van der Waals surface area (Å²) in [6, 6.07) is 3.51. The van der Waals surface area contributed by atoms with Crippen LogP contribution in [0.4, 0.5) is 4.39 Å². The maximum Gasteiger partial charge on any atom is 0.260 e. The average molecular weight is 359 g/mol. The Labute approximate surface area is 150 Å². The molecule has 0 radical (unpaired) electrons. The van der Waals surface area contributed by atoms with Crippen LogP contribution in [0.15, 0.2) is 29.2 Å². The summed E-state index contributed by atoms with van der Waals surface area (Å²) in [5, 5.41) is 0.119. The van der Waals surface area contributed by atoms with Gasteiger partial charge in [0, 0.05) is 31.2 Å². The Balaban J connectivity index is 1.91. The highest BCUT2D eigenvalue weighted by Gasteiger charge is 2.35. The van der Waals surface area contributed by atoms with Gasteiger partial charge in [-0.1, -0.05) is 19.9 Å². The number of hydrogen-bond donors (Lipinski definition) is 1. The maximum atomic E-state index is 13.8. The summed E-state index contributed by atoms with van der Waals surface area (Å²) in [4.78, 5) is 43.9. The molecule has 2 aromatic rings. The van der Waals surface area contributed by atoms with Gasteiger partial charge in [-0.3, -0.25) is 14.4 Å². The van der Waals surface area contributed by atoms with Gasteiger partial charge >= 0.3 is 0 Å². The number of fused-ring (bicyclic) bond motifs is 1. The Bertz CT molecular complexity index is 922. The molecule has 0 unspecified atom stereocenters. The van der Waals surface area contributed by atoms with Crippen LogP contribution in [0, 0.1) is 11.7 Å². The number of amides is 2. The number of benzene rings is 1. The molecule has 1 aliphatic rings. The minimum Gasteiger partial charge on any atom is -0.358 e. The van der Waals surface area contributed by atoms with E-state index in [9.17, 15) is 18.8 Å². The molecule has 7 heteroatoms. The maximum absolute atomic E-state index is 13.8. The van der Waals surface area contributed by atoms with Crippen LogP contribution in [-0.4, -0.2) is 52.3 Å². The normalized spacial score (nSPS) is 18.0. The monoisotopic (exact) mass is 359 g/mol. The van der Waals surface area contributed by atoms with Crippen LogP contribution in [0.25, 0.3) is 10.9 Å². The van der Waals surface area contributed by atoms with E-state index in [4.69, 9.17) is 0 Å². The number of piperazine rings is 1. The summed E-state index contributed by atoms with van der Waals surface area (Å²) < 4.78 is 13.8. The Morgan fingerprint density at radius 2 is 2.04 bits per heavy atom. The Morgan fingerprint density at radius 3 is 2.73 bits per heavy atom. The van der Waals surface area contributed by atoms with E-state index >= 15 is 0 Å². The third-order valence-corrected chi connectivity index (χ3v) is 4.69. The van der Waals surface area contributed by atoms with Crippen molar-refractivity contribution in [1.29, 1.82) is 0 Å². The Morgan fingerprint density at radius 1 is 1.31 bits per heavy atom. The molecule has 0 bridgehead atoms. The Kier molecular flexibility index (Phi) is 4.80. The zero-order valence-electron chi connectivity index (χ0n) is 15.1. The van der Waals surface area contributed by atoms with Gasteiger partial charge < -0.3 is 14.8 Å². The minimum absolute atomic E-state index is 0.0694. The van der Waals surface area contributed by atoms with Gasteiger partial charge in [-0.15, -0.1) is 0 Å². The summed E-state index contributed by atoms with van der Waals surface area (Å²) in [6.07, 6.45) is 1.23. The molecule has 2 amide bonds. The van der Waals surface area contributed by atoms with E-state index in [0.29, 0.717) is 25.6 Å². The largest absolute Gasteiger partial charge is 0.358 e. The molecular formula is C19H22FN3O3. The van der Waals surface area contributed by atoms with Crippen LogP contribution < -0.4 is 5.43 Å². The molecule has 0 saturated carbocycles. The second kappa shape index (κ2) is 6.90. The van der Waals surface area contributed by atoms with Crippen LogP contribution >= 0.6 is 0 Å². The lowest BCUT2D eigenvalue weighted by Crippen LogP contribution is -2.58. The third kappa shape index (κ3) is 3.09. The van der Waals surface area contributed by atoms with Gasteiger partial charge in [0.25, 0.3) is 5.91 Å². The molecule has 2 heterocycles. The number of halogens is 1. The summed E-state index contributed by atoms with van der Waals surface area (Å²) in [7, 11) is 0. The van der Waals surface area contributed by atoms with Crippen molar-refractivity contribution in [2.45, 2.75) is 26.8 Å². The van der Waals surface area contributed by atoms with Gasteiger partial charge in [0.05, 0.1) is 5.52 Å². The van der Waals surface area contributed by atoms with E-state index in [2.05, 4.69) is 4.98 Å². The molecule has 1 aromatic carbocycles. The summed E-state index contributed by atoms with van der Waals surface area (Å²) in [6.45, 7) is 7.17. The van der Waals surface area contributed by atoms with Gasteiger partial charge in [0.2, 0.25) is 11.3 Å². The highest BCUT2D eigenvalue weighted by Crippen LogP contribution is 2.17. The van der Waals surface area contributed by atoms with E-state index in [1.807, 2.05) is 13.8 Å². The van der Waals surface area contributed by atoms with Crippen LogP contribution in [0.3, 0.4) is 0 Å². The zero-order chi connectivity index (χ0) is 19.0. The number of nitrogens with one attached hydrogen (secondary N) is 1. The number of para-hydroxylation sites is 1. The van der Waals surface area contributed by atoms with Crippen molar-refractivity contribution in [2.24, 2.45) is 5.92 Å². The van der Waals surface area contributed by atoms with Gasteiger partial charge in [-0.2, -0.15) is 0 Å². The van der Waals surface area contributed by atoms with Crippen LogP contribution in [0.2, 0.25) is 0 Å². The lowest BCUT2D eigenvalue weighted by atomic mass is 10.1. The fourth-order valence-corrected chi connectivity index (χ4v) is 3.36. The number of aromatic amines is 1. The fourth-order valence-electron chi connectivity index (χ4n) is 3.36. The van der Waals surface area contributed by atoms with Crippen molar-refractivity contribution >= 4 is 22.7 Å². The molecule has 1 fully saturated rings. The van der Waals surface area contributed by atoms with Crippen molar-refractivity contribution in [2.75, 3.05) is 19.6 Å². The second-order valence-electron chi connectivity index (χ2n) is 7.05. The molecule has 138 valence electrons. The molecule has 26 heavy (non-hydrogen) atoms. The fraction of sp³-hybridized carbons (Fsp3) is 0.421. The zero-order valence-corrected chi connectivity index (χ0v) is 15.1. The number of pyridine rings is 1. The van der Waals surface area contributed by atoms with Crippen molar-refractivity contribution < 1.29 is 14.0 Å². The molecule has 0 spiro atoms. The SMILES string of the molecule is CC(C)CN1CCN(C(=O)c2c[nH]c3c(F)cccc3c2=O)[C@H](C)C1=O. The summed E-state index contributed by atoms with van der Waals surface area (Å²) in [5.74, 6) is -0.847. The van der Waals surface area contributed by atoms with E-state index in [1.54, 1.807) is 11.8 Å². The first-order valence-electron chi connectivity index (χ1n) is 8.71. The van der Waals surface area contributed by atoms with Gasteiger partial charge in [0.15, 0.2) is 0 Å². The molecule has 1 N–H and O–H groups in total. The molecule has 1 aliphatic heterocycles. The lowest BCUT2D eigenvalue weighted by molar-refractivity contribution is -0.140. The van der Waals surface area contributed by atoms with E-state index < -0.39 is 23.2 Å². The number of hydrogen-bond acceptors (Lipinski definition) is 3. The van der Waals surface area contributed by atoms with Gasteiger partial charge in [-0.05, 0) is 25.0 Å². The average Bonchev–Trinajstić information content (AvgIpc) is 2.59. The van der Waals surface area contributed by atoms with Crippen LogP contribution in [-0.2, 0) is 4.79 Å². The van der Waals surface area contributed by atoms with E-state index in [-0.39, 0.29) is 22.4 Å². The predicted octanol–water partition coefficient (Wildman–Crippen LogP) is 2.00. The van der Waals surface area contributed by atoms with E-state index in [1.165, 1.54) is 29.3 Å². The summed E-state index contributed by atoms with van der Waals surface area (Å²) >= 11 is 0. The van der Waals surface area contributed by atoms with Crippen LogP contribution in [0.1, 0.15) is 31.1 Å². The van der Waals surface area contributed by atoms with Crippen molar-refractivity contribution in [3.8, 4) is 0 Å². The molecule has 1 atom stereocenters. The summed E-state index contributed by atoms with van der Waals surface area (Å²) in [5.41, 5.74) is -0.549. The standard InChI is InChI=1S/C19H22FN3O3/c1-11(2)10-22-7-8-23(12(3)18(22)25)19(26)14-9-21-16-13(17(14)24)5-4-6-15(16)20/h4-6,9,11-12H,7-8,10H2,1-3H3,(H,21,24)/t12-/m1/s1. The number of carbonyl (C=O) groups is 2. The first-order valence-corrected chi connectivity index (χ1v) is 8.71. The molecule has 3 rings (SSSR count).